The molecular weight excluding hydrogens is 282 g/mol. The van der Waals surface area contributed by atoms with Crippen LogP contribution in [-0.2, 0) is 5.04 Å². The largest absolute Gasteiger partial charge is 0.304 e. The zero-order chi connectivity index (χ0) is 15.8. The first kappa shape index (κ1) is 17.0. The Balaban J connectivity index is 2.20. The third-order valence-corrected chi connectivity index (χ3v) is 5.28. The van der Waals surface area contributed by atoms with Crippen molar-refractivity contribution in [1.82, 2.24) is 4.90 Å². The molecule has 2 rings (SSSR count). The molecule has 115 valence electrons. The van der Waals surface area contributed by atoms with E-state index in [-0.39, 0.29) is 5.04 Å². The number of nitrogens with zero attached hydrogens (tertiary/aromatic N) is 1. The van der Waals surface area contributed by atoms with Crippen molar-refractivity contribution in [2.24, 2.45) is 0 Å². The highest BCUT2D eigenvalue weighted by Gasteiger charge is 2.28. The normalized spacial score (nSPS) is 11.8. The van der Waals surface area contributed by atoms with Gasteiger partial charge in [-0.1, -0.05) is 74.5 Å². The summed E-state index contributed by atoms with van der Waals surface area (Å²) >= 11 is 0. The van der Waals surface area contributed by atoms with Crippen LogP contribution in [0.2, 0.25) is 0 Å². The molecule has 3 radical (unpaired) electrons. The number of hydrogen-bond acceptors (Lipinski definition) is 1. The molecule has 0 heterocycles. The van der Waals surface area contributed by atoms with Gasteiger partial charge >= 0.3 is 0 Å². The fraction of sp³-hybridized carbons (Fsp3) is 0.400. The molecule has 2 aromatic rings. The van der Waals surface area contributed by atoms with Gasteiger partial charge in [0.2, 0.25) is 0 Å². The van der Waals surface area contributed by atoms with Gasteiger partial charge in [0.05, 0.1) is 0 Å². The van der Waals surface area contributed by atoms with Crippen LogP contribution in [-0.4, -0.2) is 34.8 Å². The molecule has 0 saturated heterocycles. The molecule has 2 aromatic carbocycles. The van der Waals surface area contributed by atoms with E-state index in [1.165, 1.54) is 17.5 Å². The Morgan fingerprint density at radius 1 is 0.818 bits per heavy atom. The standard InChI is InChI=1S/C20H26NSi/c1-3-21(4-2)17-11-16-20(22,18-12-7-5-8-13-18)19-14-9-6-10-15-19/h5-10,12-15H,3-4,11,16-17H2,1-2H3. The molecule has 0 amide bonds. The molecule has 0 aliphatic rings. The average Bonchev–Trinajstić information content (AvgIpc) is 2.60. The highest BCUT2D eigenvalue weighted by molar-refractivity contribution is 6.18. The Hall–Kier alpha value is -1.38. The Morgan fingerprint density at radius 3 is 1.68 bits per heavy atom. The van der Waals surface area contributed by atoms with Crippen molar-refractivity contribution in [3.8, 4) is 0 Å². The molecular formula is C20H26NSi. The first-order chi connectivity index (χ1) is 10.7. The van der Waals surface area contributed by atoms with Crippen LogP contribution in [0.3, 0.4) is 0 Å². The zero-order valence-corrected chi connectivity index (χ0v) is 14.8. The highest BCUT2D eigenvalue weighted by atomic mass is 28.1. The van der Waals surface area contributed by atoms with Crippen molar-refractivity contribution in [3.05, 3.63) is 71.8 Å². The van der Waals surface area contributed by atoms with Crippen molar-refractivity contribution in [1.29, 1.82) is 0 Å². The van der Waals surface area contributed by atoms with Crippen LogP contribution in [0.5, 0.6) is 0 Å². The van der Waals surface area contributed by atoms with Gasteiger partial charge in [-0.05, 0) is 43.6 Å². The lowest BCUT2D eigenvalue weighted by Gasteiger charge is -2.32. The fourth-order valence-electron chi connectivity index (χ4n) is 3.01. The van der Waals surface area contributed by atoms with Gasteiger partial charge in [-0.2, -0.15) is 0 Å². The second kappa shape index (κ2) is 8.30. The van der Waals surface area contributed by atoms with E-state index in [0.717, 1.165) is 26.1 Å². The monoisotopic (exact) mass is 308 g/mol. The smallest absolute Gasteiger partial charge is 0.0444 e. The summed E-state index contributed by atoms with van der Waals surface area (Å²) in [5.74, 6) is 0. The summed E-state index contributed by atoms with van der Waals surface area (Å²) in [7, 11) is 4.14. The van der Waals surface area contributed by atoms with Gasteiger partial charge in [-0.15, -0.1) is 0 Å². The lowest BCUT2D eigenvalue weighted by molar-refractivity contribution is 0.292. The summed E-state index contributed by atoms with van der Waals surface area (Å²) in [4.78, 5) is 2.49. The molecule has 0 aliphatic heterocycles. The second-order valence-electron chi connectivity index (χ2n) is 5.77. The number of rotatable bonds is 8. The highest BCUT2D eigenvalue weighted by Crippen LogP contribution is 2.33. The van der Waals surface area contributed by atoms with Crippen LogP contribution >= 0.6 is 0 Å². The van der Waals surface area contributed by atoms with Crippen LogP contribution in [0.15, 0.2) is 60.7 Å². The lowest BCUT2D eigenvalue weighted by Crippen LogP contribution is -2.31. The van der Waals surface area contributed by atoms with Crippen LogP contribution in [0.4, 0.5) is 0 Å². The SMILES string of the molecule is CCN(CC)CCCC([Si])(c1ccccc1)c1ccccc1. The van der Waals surface area contributed by atoms with E-state index in [4.69, 9.17) is 0 Å². The molecule has 0 atom stereocenters. The Bertz CT molecular complexity index is 495. The minimum atomic E-state index is -0.102. The summed E-state index contributed by atoms with van der Waals surface area (Å²) < 4.78 is 0. The summed E-state index contributed by atoms with van der Waals surface area (Å²) in [5, 5.41) is -0.102. The van der Waals surface area contributed by atoms with E-state index in [0.29, 0.717) is 0 Å². The molecule has 1 nitrogen and oxygen atoms in total. The van der Waals surface area contributed by atoms with Gasteiger partial charge in [-0.3, -0.25) is 0 Å². The predicted molar refractivity (Wildman–Crippen MR) is 96.4 cm³/mol. The van der Waals surface area contributed by atoms with E-state index in [1.54, 1.807) is 0 Å². The average molecular weight is 309 g/mol. The van der Waals surface area contributed by atoms with Gasteiger partial charge in [0.15, 0.2) is 0 Å². The summed E-state index contributed by atoms with van der Waals surface area (Å²) in [5.41, 5.74) is 2.66. The number of benzene rings is 2. The molecule has 0 bridgehead atoms. The maximum absolute atomic E-state index is 4.14. The fourth-order valence-corrected chi connectivity index (χ4v) is 3.52. The first-order valence-electron chi connectivity index (χ1n) is 8.29. The maximum atomic E-state index is 4.14. The lowest BCUT2D eigenvalue weighted by atomic mass is 9.86. The van der Waals surface area contributed by atoms with Gasteiger partial charge in [0.1, 0.15) is 0 Å². The summed E-state index contributed by atoms with van der Waals surface area (Å²) in [6, 6.07) is 21.5. The van der Waals surface area contributed by atoms with Gasteiger partial charge in [-0.25, -0.2) is 0 Å². The van der Waals surface area contributed by atoms with Crippen molar-refractivity contribution in [2.75, 3.05) is 19.6 Å². The molecule has 0 aliphatic carbocycles. The van der Waals surface area contributed by atoms with Crippen molar-refractivity contribution in [3.63, 3.8) is 0 Å². The zero-order valence-electron chi connectivity index (χ0n) is 13.8. The summed E-state index contributed by atoms with van der Waals surface area (Å²) in [6.45, 7) is 7.88. The minimum Gasteiger partial charge on any atom is -0.304 e. The third-order valence-electron chi connectivity index (χ3n) is 4.45. The van der Waals surface area contributed by atoms with E-state index < -0.39 is 0 Å². The molecule has 22 heavy (non-hydrogen) atoms. The van der Waals surface area contributed by atoms with E-state index in [2.05, 4.69) is 89.7 Å². The second-order valence-corrected chi connectivity index (χ2v) is 6.62. The predicted octanol–water partition coefficient (Wildman–Crippen LogP) is 4.22. The molecule has 0 fully saturated rings. The van der Waals surface area contributed by atoms with Crippen LogP contribution in [0, 0.1) is 0 Å². The molecule has 0 saturated carbocycles. The topological polar surface area (TPSA) is 3.24 Å². The minimum absolute atomic E-state index is 0.102. The van der Waals surface area contributed by atoms with E-state index in [1.807, 2.05) is 0 Å². The van der Waals surface area contributed by atoms with Crippen LogP contribution < -0.4 is 0 Å². The summed E-state index contributed by atoms with van der Waals surface area (Å²) in [6.07, 6.45) is 2.27. The van der Waals surface area contributed by atoms with Crippen molar-refractivity contribution < 1.29 is 0 Å². The molecule has 0 aromatic heterocycles. The molecule has 2 heteroatoms. The van der Waals surface area contributed by atoms with Crippen LogP contribution in [0.25, 0.3) is 0 Å². The first-order valence-corrected chi connectivity index (χ1v) is 8.79. The molecule has 0 N–H and O–H groups in total. The van der Waals surface area contributed by atoms with E-state index in [9.17, 15) is 0 Å². The Morgan fingerprint density at radius 2 is 1.27 bits per heavy atom. The van der Waals surface area contributed by atoms with E-state index >= 15 is 0 Å². The molecule has 0 spiro atoms. The van der Waals surface area contributed by atoms with Gasteiger partial charge in [0, 0.05) is 15.3 Å². The Labute approximate surface area is 138 Å². The Kier molecular flexibility index (Phi) is 6.41. The van der Waals surface area contributed by atoms with Crippen molar-refractivity contribution >= 4 is 10.2 Å². The quantitative estimate of drug-likeness (QED) is 0.660. The van der Waals surface area contributed by atoms with Gasteiger partial charge in [0.25, 0.3) is 0 Å². The maximum Gasteiger partial charge on any atom is 0.0444 e. The van der Waals surface area contributed by atoms with Crippen LogP contribution in [0.1, 0.15) is 37.8 Å². The number of hydrogen-bond donors (Lipinski definition) is 0. The van der Waals surface area contributed by atoms with Gasteiger partial charge < -0.3 is 4.90 Å². The van der Waals surface area contributed by atoms with Crippen molar-refractivity contribution in [2.45, 2.75) is 31.7 Å². The third kappa shape index (κ3) is 4.08. The molecule has 0 unspecified atom stereocenters.